The Labute approximate surface area is 158 Å². The summed E-state index contributed by atoms with van der Waals surface area (Å²) in [5, 5.41) is 27.1. The van der Waals surface area contributed by atoms with Crippen molar-refractivity contribution < 1.29 is 24.4 Å². The van der Waals surface area contributed by atoms with Gasteiger partial charge in [0.25, 0.3) is 5.91 Å². The number of rotatable bonds is 4. The largest absolute Gasteiger partial charge is 0.492 e. The Balaban J connectivity index is 1.72. The molecule has 4 aromatic rings. The van der Waals surface area contributed by atoms with Crippen LogP contribution in [0.1, 0.15) is 32.2 Å². The van der Waals surface area contributed by atoms with Crippen LogP contribution in [0.5, 0.6) is 5.88 Å². The third-order valence-corrected chi connectivity index (χ3v) is 4.30. The number of aromatic hydroxyl groups is 1. The average Bonchev–Trinajstić information content (AvgIpc) is 3.24. The standard InChI is InChI=1S/C20H15N3O5/c1-11-9-15(22-28-11)19(25)21-13-7-8-14-16(10-13)23(27)20(26)17(14)18(24)12-5-3-2-4-6-12/h2-10,26-27H,1H3,(H,21,25). The fourth-order valence-corrected chi connectivity index (χ4v) is 2.96. The van der Waals surface area contributed by atoms with E-state index < -0.39 is 17.6 Å². The van der Waals surface area contributed by atoms with E-state index in [1.165, 1.54) is 12.1 Å². The molecule has 0 aliphatic heterocycles. The molecule has 8 nitrogen and oxygen atoms in total. The number of aryl methyl sites for hydroxylation is 1. The SMILES string of the molecule is Cc1cc(C(=O)Nc2ccc3c(C(=O)c4ccccc4)c(O)n(O)c3c2)no1. The van der Waals surface area contributed by atoms with Gasteiger partial charge < -0.3 is 20.2 Å². The third kappa shape index (κ3) is 2.86. The van der Waals surface area contributed by atoms with Gasteiger partial charge in [-0.05, 0) is 25.1 Å². The van der Waals surface area contributed by atoms with E-state index in [-0.39, 0.29) is 16.8 Å². The van der Waals surface area contributed by atoms with Gasteiger partial charge in [-0.25, -0.2) is 0 Å². The Morgan fingerprint density at radius 2 is 1.86 bits per heavy atom. The van der Waals surface area contributed by atoms with Crippen molar-refractivity contribution in [3.8, 4) is 5.88 Å². The smallest absolute Gasteiger partial charge is 0.277 e. The number of amides is 1. The number of hydrogen-bond donors (Lipinski definition) is 3. The first kappa shape index (κ1) is 17.3. The van der Waals surface area contributed by atoms with Crippen molar-refractivity contribution in [2.75, 3.05) is 5.32 Å². The second-order valence-electron chi connectivity index (χ2n) is 6.21. The highest BCUT2D eigenvalue weighted by atomic mass is 16.5. The highest BCUT2D eigenvalue weighted by molar-refractivity contribution is 6.18. The number of anilines is 1. The zero-order valence-electron chi connectivity index (χ0n) is 14.7. The molecule has 0 saturated heterocycles. The molecule has 28 heavy (non-hydrogen) atoms. The number of nitrogens with one attached hydrogen (secondary N) is 1. The molecule has 0 bridgehead atoms. The van der Waals surface area contributed by atoms with Gasteiger partial charge in [0, 0.05) is 22.7 Å². The van der Waals surface area contributed by atoms with E-state index in [9.17, 15) is 19.9 Å². The van der Waals surface area contributed by atoms with Crippen LogP contribution in [-0.2, 0) is 0 Å². The van der Waals surface area contributed by atoms with Gasteiger partial charge in [-0.15, -0.1) is 0 Å². The molecule has 8 heteroatoms. The summed E-state index contributed by atoms with van der Waals surface area (Å²) in [6.07, 6.45) is 0. The van der Waals surface area contributed by atoms with Gasteiger partial charge in [0.05, 0.1) is 11.1 Å². The number of carbonyl (C=O) groups is 2. The van der Waals surface area contributed by atoms with Crippen molar-refractivity contribution in [2.45, 2.75) is 6.92 Å². The van der Waals surface area contributed by atoms with E-state index >= 15 is 0 Å². The molecule has 0 radical (unpaired) electrons. The normalized spacial score (nSPS) is 10.9. The summed E-state index contributed by atoms with van der Waals surface area (Å²) in [6, 6.07) is 14.5. The van der Waals surface area contributed by atoms with Gasteiger partial charge in [-0.3, -0.25) is 9.59 Å². The van der Waals surface area contributed by atoms with Crippen LogP contribution in [0.25, 0.3) is 10.9 Å². The minimum Gasteiger partial charge on any atom is -0.492 e. The van der Waals surface area contributed by atoms with Gasteiger partial charge in [0.2, 0.25) is 5.88 Å². The Bertz CT molecular complexity index is 1210. The summed E-state index contributed by atoms with van der Waals surface area (Å²) in [6.45, 7) is 1.67. The quantitative estimate of drug-likeness (QED) is 0.371. The first-order chi connectivity index (χ1) is 13.5. The second kappa shape index (κ2) is 6.58. The molecule has 0 aliphatic rings. The number of hydrogen-bond acceptors (Lipinski definition) is 6. The molecule has 0 fully saturated rings. The monoisotopic (exact) mass is 377 g/mol. The summed E-state index contributed by atoms with van der Waals surface area (Å²) < 4.78 is 5.39. The van der Waals surface area contributed by atoms with Crippen LogP contribution in [0.4, 0.5) is 5.69 Å². The van der Waals surface area contributed by atoms with Gasteiger partial charge in [0.1, 0.15) is 5.76 Å². The van der Waals surface area contributed by atoms with Crippen LogP contribution in [0, 0.1) is 6.92 Å². The number of benzene rings is 2. The summed E-state index contributed by atoms with van der Waals surface area (Å²) in [4.78, 5) is 25.0. The van der Waals surface area contributed by atoms with E-state index in [4.69, 9.17) is 4.52 Å². The van der Waals surface area contributed by atoms with E-state index in [0.29, 0.717) is 27.1 Å². The van der Waals surface area contributed by atoms with Crippen LogP contribution in [0.3, 0.4) is 0 Å². The fourth-order valence-electron chi connectivity index (χ4n) is 2.96. The molecule has 0 aliphatic carbocycles. The van der Waals surface area contributed by atoms with Crippen LogP contribution >= 0.6 is 0 Å². The molecule has 2 heterocycles. The lowest BCUT2D eigenvalue weighted by Gasteiger charge is -2.04. The maximum atomic E-state index is 12.8. The molecule has 0 spiro atoms. The molecular formula is C20H15N3O5. The first-order valence-corrected chi connectivity index (χ1v) is 8.37. The topological polar surface area (TPSA) is 118 Å². The Morgan fingerprint density at radius 1 is 1.11 bits per heavy atom. The maximum absolute atomic E-state index is 12.8. The predicted octanol–water partition coefficient (Wildman–Crippen LogP) is 3.36. The number of fused-ring (bicyclic) bond motifs is 1. The molecule has 140 valence electrons. The molecule has 0 saturated carbocycles. The third-order valence-electron chi connectivity index (χ3n) is 4.30. The highest BCUT2D eigenvalue weighted by Crippen LogP contribution is 2.33. The van der Waals surface area contributed by atoms with E-state index in [1.807, 2.05) is 0 Å². The van der Waals surface area contributed by atoms with Gasteiger partial charge in [-0.1, -0.05) is 35.5 Å². The zero-order chi connectivity index (χ0) is 19.8. The first-order valence-electron chi connectivity index (χ1n) is 8.37. The zero-order valence-corrected chi connectivity index (χ0v) is 14.7. The Morgan fingerprint density at radius 3 is 2.54 bits per heavy atom. The van der Waals surface area contributed by atoms with Crippen LogP contribution in [0.2, 0.25) is 0 Å². The van der Waals surface area contributed by atoms with Crippen molar-refractivity contribution in [3.63, 3.8) is 0 Å². The number of aromatic nitrogens is 2. The molecule has 3 N–H and O–H groups in total. The molecule has 0 unspecified atom stereocenters. The van der Waals surface area contributed by atoms with Crippen molar-refractivity contribution in [1.82, 2.24) is 9.89 Å². The number of carbonyl (C=O) groups excluding carboxylic acids is 2. The predicted molar refractivity (Wildman–Crippen MR) is 99.9 cm³/mol. The summed E-state index contributed by atoms with van der Waals surface area (Å²) in [7, 11) is 0. The van der Waals surface area contributed by atoms with Gasteiger partial charge >= 0.3 is 0 Å². The van der Waals surface area contributed by atoms with Crippen molar-refractivity contribution >= 4 is 28.3 Å². The Kier molecular flexibility index (Phi) is 4.08. The fraction of sp³-hybridized carbons (Fsp3) is 0.0500. The molecule has 2 aromatic heterocycles. The lowest BCUT2D eigenvalue weighted by atomic mass is 10.0. The molecular weight excluding hydrogens is 362 g/mol. The molecule has 4 rings (SSSR count). The summed E-state index contributed by atoms with van der Waals surface area (Å²) in [5.41, 5.74) is 0.994. The van der Waals surface area contributed by atoms with Crippen LogP contribution < -0.4 is 5.32 Å². The van der Waals surface area contributed by atoms with E-state index in [2.05, 4.69) is 10.5 Å². The summed E-state index contributed by atoms with van der Waals surface area (Å²) >= 11 is 0. The van der Waals surface area contributed by atoms with Crippen LogP contribution in [-0.4, -0.2) is 31.9 Å². The lowest BCUT2D eigenvalue weighted by Crippen LogP contribution is -2.12. The average molecular weight is 377 g/mol. The van der Waals surface area contributed by atoms with E-state index in [0.717, 1.165) is 0 Å². The minimum absolute atomic E-state index is 0.0197. The lowest BCUT2D eigenvalue weighted by molar-refractivity contribution is 0.101. The van der Waals surface area contributed by atoms with E-state index in [1.54, 1.807) is 49.4 Å². The van der Waals surface area contributed by atoms with Gasteiger partial charge in [0.15, 0.2) is 11.5 Å². The van der Waals surface area contributed by atoms with Crippen molar-refractivity contribution in [1.29, 1.82) is 0 Å². The van der Waals surface area contributed by atoms with Crippen molar-refractivity contribution in [2.24, 2.45) is 0 Å². The molecule has 0 atom stereocenters. The second-order valence-corrected chi connectivity index (χ2v) is 6.21. The van der Waals surface area contributed by atoms with Crippen molar-refractivity contribution in [3.05, 3.63) is 77.2 Å². The number of ketones is 1. The molecule has 2 aromatic carbocycles. The summed E-state index contributed by atoms with van der Waals surface area (Å²) in [5.74, 6) is -0.985. The highest BCUT2D eigenvalue weighted by Gasteiger charge is 2.24. The number of nitrogens with zero attached hydrogens (tertiary/aromatic N) is 2. The maximum Gasteiger partial charge on any atom is 0.277 e. The Hall–Kier alpha value is -4.07. The molecule has 1 amide bonds. The van der Waals surface area contributed by atoms with Gasteiger partial charge in [-0.2, -0.15) is 4.73 Å². The minimum atomic E-state index is -0.570. The van der Waals surface area contributed by atoms with Crippen LogP contribution in [0.15, 0.2) is 59.1 Å².